The van der Waals surface area contributed by atoms with Crippen LogP contribution in [0.3, 0.4) is 0 Å². The smallest absolute Gasteiger partial charge is 0.267 e. The number of anilines is 1. The van der Waals surface area contributed by atoms with Gasteiger partial charge in [0.1, 0.15) is 21.6 Å². The molecule has 0 atom stereocenters. The van der Waals surface area contributed by atoms with Crippen molar-refractivity contribution in [3.8, 4) is 0 Å². The van der Waals surface area contributed by atoms with Crippen LogP contribution in [0.5, 0.6) is 0 Å². The Morgan fingerprint density at radius 2 is 1.81 bits per heavy atom. The number of halogens is 1. The number of fused-ring (bicyclic) bond motifs is 1. The first-order valence-corrected chi connectivity index (χ1v) is 13.5. The minimum atomic E-state index is -0.339. The molecule has 3 aromatic rings. The molecular formula is C27H29FN4O2S2. The van der Waals surface area contributed by atoms with Gasteiger partial charge in [-0.15, -0.1) is 0 Å². The van der Waals surface area contributed by atoms with Crippen molar-refractivity contribution in [1.82, 2.24) is 14.3 Å². The standard InChI is InChI=1S/C27H29FN4O2S2/c1-2-3-4-5-6-8-15-29-24-21(25(33)31-16-9-7-10-23(31)30-24)17-22-26(34)32(27(35)36-22)18-19-11-13-20(28)14-12-19/h7,9-14,16-17,29H,2-6,8,15,18H2,1H3/b22-17-. The maximum Gasteiger partial charge on any atom is 0.267 e. The fourth-order valence-electron chi connectivity index (χ4n) is 4.02. The van der Waals surface area contributed by atoms with Gasteiger partial charge >= 0.3 is 0 Å². The van der Waals surface area contributed by atoms with Crippen molar-refractivity contribution in [1.29, 1.82) is 0 Å². The minimum absolute atomic E-state index is 0.236. The number of carbonyl (C=O) groups is 1. The molecule has 188 valence electrons. The number of rotatable bonds is 11. The van der Waals surface area contributed by atoms with Crippen LogP contribution < -0.4 is 10.9 Å². The number of amides is 1. The fourth-order valence-corrected chi connectivity index (χ4v) is 5.26. The van der Waals surface area contributed by atoms with Crippen molar-refractivity contribution in [2.45, 2.75) is 52.0 Å². The number of nitrogens with zero attached hydrogens (tertiary/aromatic N) is 3. The second-order valence-electron chi connectivity index (χ2n) is 8.70. The van der Waals surface area contributed by atoms with Gasteiger partial charge in [-0.25, -0.2) is 9.37 Å². The van der Waals surface area contributed by atoms with Gasteiger partial charge in [-0.1, -0.05) is 81.2 Å². The molecule has 3 heterocycles. The summed E-state index contributed by atoms with van der Waals surface area (Å²) in [5.41, 5.74) is 1.37. The first-order valence-electron chi connectivity index (χ1n) is 12.2. The third kappa shape index (κ3) is 6.20. The summed E-state index contributed by atoms with van der Waals surface area (Å²) in [6, 6.07) is 11.3. The molecule has 0 aliphatic carbocycles. The second kappa shape index (κ2) is 12.3. The van der Waals surface area contributed by atoms with E-state index >= 15 is 0 Å². The van der Waals surface area contributed by atoms with Crippen LogP contribution in [-0.2, 0) is 11.3 Å². The van der Waals surface area contributed by atoms with E-state index in [4.69, 9.17) is 12.2 Å². The van der Waals surface area contributed by atoms with E-state index < -0.39 is 0 Å². The van der Waals surface area contributed by atoms with Crippen molar-refractivity contribution in [2.75, 3.05) is 11.9 Å². The monoisotopic (exact) mass is 524 g/mol. The number of carbonyl (C=O) groups excluding carboxylic acids is 1. The topological polar surface area (TPSA) is 66.7 Å². The number of thioether (sulfide) groups is 1. The number of hydrogen-bond acceptors (Lipinski definition) is 6. The maximum atomic E-state index is 13.4. The average molecular weight is 525 g/mol. The Balaban J connectivity index is 1.57. The predicted octanol–water partition coefficient (Wildman–Crippen LogP) is 6.01. The van der Waals surface area contributed by atoms with Gasteiger partial charge < -0.3 is 5.32 Å². The molecule has 4 rings (SSSR count). The van der Waals surface area contributed by atoms with Crippen LogP contribution >= 0.6 is 24.0 Å². The maximum absolute atomic E-state index is 13.4. The SMILES string of the molecule is CCCCCCCCNc1nc2ccccn2c(=O)c1/C=C1\SC(=S)N(Cc2ccc(F)cc2)C1=O. The lowest BCUT2D eigenvalue weighted by Gasteiger charge is -2.14. The zero-order chi connectivity index (χ0) is 25.5. The molecule has 0 radical (unpaired) electrons. The molecule has 1 amide bonds. The molecule has 0 spiro atoms. The number of nitrogens with one attached hydrogen (secondary N) is 1. The molecule has 1 aromatic carbocycles. The van der Waals surface area contributed by atoms with Crippen LogP contribution in [-0.4, -0.2) is 31.1 Å². The van der Waals surface area contributed by atoms with E-state index in [1.165, 1.54) is 47.1 Å². The van der Waals surface area contributed by atoms with Crippen molar-refractivity contribution < 1.29 is 9.18 Å². The Morgan fingerprint density at radius 1 is 1.06 bits per heavy atom. The van der Waals surface area contributed by atoms with Gasteiger partial charge in [0.15, 0.2) is 0 Å². The van der Waals surface area contributed by atoms with Crippen molar-refractivity contribution in [2.24, 2.45) is 0 Å². The summed E-state index contributed by atoms with van der Waals surface area (Å²) >= 11 is 6.60. The molecule has 0 unspecified atom stereocenters. The molecule has 6 nitrogen and oxygen atoms in total. The summed E-state index contributed by atoms with van der Waals surface area (Å²) in [6.07, 6.45) is 10.2. The van der Waals surface area contributed by atoms with Crippen LogP contribution in [0.15, 0.2) is 58.4 Å². The lowest BCUT2D eigenvalue weighted by atomic mass is 10.1. The Labute approximate surface area is 219 Å². The predicted molar refractivity (Wildman–Crippen MR) is 148 cm³/mol. The van der Waals surface area contributed by atoms with Crippen LogP contribution in [0.1, 0.15) is 56.6 Å². The highest BCUT2D eigenvalue weighted by molar-refractivity contribution is 8.26. The first kappa shape index (κ1) is 26.0. The summed E-state index contributed by atoms with van der Waals surface area (Å²) in [4.78, 5) is 33.1. The Hall–Kier alpha value is -3.04. The van der Waals surface area contributed by atoms with Gasteiger partial charge in [-0.3, -0.25) is 18.9 Å². The van der Waals surface area contributed by atoms with Gasteiger partial charge in [0.25, 0.3) is 11.5 Å². The summed E-state index contributed by atoms with van der Waals surface area (Å²) < 4.78 is 15.1. The Bertz CT molecular complexity index is 1340. The molecule has 36 heavy (non-hydrogen) atoms. The van der Waals surface area contributed by atoms with Gasteiger partial charge in [0.2, 0.25) is 0 Å². The lowest BCUT2D eigenvalue weighted by Crippen LogP contribution is -2.27. The van der Waals surface area contributed by atoms with E-state index in [-0.39, 0.29) is 23.8 Å². The Kier molecular flexibility index (Phi) is 8.88. The summed E-state index contributed by atoms with van der Waals surface area (Å²) in [6.45, 7) is 3.12. The van der Waals surface area contributed by atoms with E-state index in [0.717, 1.165) is 30.2 Å². The van der Waals surface area contributed by atoms with E-state index in [9.17, 15) is 14.0 Å². The Morgan fingerprint density at radius 3 is 2.58 bits per heavy atom. The zero-order valence-electron chi connectivity index (χ0n) is 20.2. The van der Waals surface area contributed by atoms with Crippen molar-refractivity contribution >= 4 is 51.7 Å². The molecule has 1 fully saturated rings. The highest BCUT2D eigenvalue weighted by Gasteiger charge is 2.32. The number of benzene rings is 1. The van der Waals surface area contributed by atoms with Gasteiger partial charge in [-0.05, 0) is 42.3 Å². The molecule has 0 saturated carbocycles. The van der Waals surface area contributed by atoms with Crippen molar-refractivity contribution in [3.05, 3.63) is 80.9 Å². The average Bonchev–Trinajstić information content (AvgIpc) is 3.14. The highest BCUT2D eigenvalue weighted by Crippen LogP contribution is 2.34. The third-order valence-electron chi connectivity index (χ3n) is 5.99. The van der Waals surface area contributed by atoms with Crippen LogP contribution in [0, 0.1) is 5.82 Å². The molecule has 9 heteroatoms. The van der Waals surface area contributed by atoms with Gasteiger partial charge in [0, 0.05) is 12.7 Å². The normalized spacial score (nSPS) is 14.8. The number of pyridine rings is 1. The molecular weight excluding hydrogens is 495 g/mol. The van der Waals surface area contributed by atoms with Crippen LogP contribution in [0.4, 0.5) is 10.2 Å². The second-order valence-corrected chi connectivity index (χ2v) is 10.4. The first-order chi connectivity index (χ1) is 17.5. The highest BCUT2D eigenvalue weighted by atomic mass is 32.2. The van der Waals surface area contributed by atoms with Gasteiger partial charge in [-0.2, -0.15) is 0 Å². The van der Waals surface area contributed by atoms with Crippen molar-refractivity contribution in [3.63, 3.8) is 0 Å². The molecule has 1 aliphatic heterocycles. The van der Waals surface area contributed by atoms with E-state index in [1.54, 1.807) is 36.5 Å². The molecule has 1 saturated heterocycles. The minimum Gasteiger partial charge on any atom is -0.369 e. The molecule has 1 aliphatic rings. The van der Waals surface area contributed by atoms with Crippen LogP contribution in [0.25, 0.3) is 11.7 Å². The molecule has 1 N–H and O–H groups in total. The summed E-state index contributed by atoms with van der Waals surface area (Å²) in [5.74, 6) is -0.161. The number of hydrogen-bond donors (Lipinski definition) is 1. The van der Waals surface area contributed by atoms with Gasteiger partial charge in [0.05, 0.1) is 17.0 Å². The van der Waals surface area contributed by atoms with Crippen LogP contribution in [0.2, 0.25) is 0 Å². The number of aromatic nitrogens is 2. The summed E-state index contributed by atoms with van der Waals surface area (Å²) in [7, 11) is 0. The molecule has 0 bridgehead atoms. The molecule has 2 aromatic heterocycles. The lowest BCUT2D eigenvalue weighted by molar-refractivity contribution is -0.122. The fraction of sp³-hybridized carbons (Fsp3) is 0.333. The number of thiocarbonyl (C=S) groups is 1. The third-order valence-corrected chi connectivity index (χ3v) is 7.37. The quantitative estimate of drug-likeness (QED) is 0.188. The van der Waals surface area contributed by atoms with E-state index in [1.807, 2.05) is 6.07 Å². The van der Waals surface area contributed by atoms with E-state index in [0.29, 0.717) is 32.8 Å². The van der Waals surface area contributed by atoms with E-state index in [2.05, 4.69) is 17.2 Å². The largest absolute Gasteiger partial charge is 0.369 e. The number of unbranched alkanes of at least 4 members (excludes halogenated alkanes) is 5. The zero-order valence-corrected chi connectivity index (χ0v) is 21.8. The summed E-state index contributed by atoms with van der Waals surface area (Å²) in [5, 5.41) is 3.32.